The predicted molar refractivity (Wildman–Crippen MR) is 72.8 cm³/mol. The van der Waals surface area contributed by atoms with Gasteiger partial charge in [-0.1, -0.05) is 5.16 Å². The summed E-state index contributed by atoms with van der Waals surface area (Å²) in [6.45, 7) is 0.964. The minimum atomic E-state index is -3.18. The zero-order chi connectivity index (χ0) is 14.2. The Balaban J connectivity index is 1.86. The fraction of sp³-hybridized carbons (Fsp3) is 0.385. The number of aromatic nitrogens is 2. The quantitative estimate of drug-likeness (QED) is 0.924. The Morgan fingerprint density at radius 3 is 2.65 bits per heavy atom. The first kappa shape index (κ1) is 13.3. The standard InChI is InChI=1S/C13H15N3O3S/c1-20(17,18)10-6-4-9(5-7-10)12-15-13(19-16-12)11-3-2-8-14-11/h4-7,11,14H,2-3,8H2,1H3/t11-/m0/s1. The third-order valence-electron chi connectivity index (χ3n) is 3.34. The van der Waals surface area contributed by atoms with Crippen molar-refractivity contribution >= 4 is 9.84 Å². The van der Waals surface area contributed by atoms with Crippen LogP contribution in [0.15, 0.2) is 33.7 Å². The first-order valence-electron chi connectivity index (χ1n) is 6.41. The van der Waals surface area contributed by atoms with E-state index in [4.69, 9.17) is 4.52 Å². The summed E-state index contributed by atoms with van der Waals surface area (Å²) in [6, 6.07) is 6.61. The SMILES string of the molecule is CS(=O)(=O)c1ccc(-c2noc([C@@H]3CCCN3)n2)cc1. The average Bonchev–Trinajstić information content (AvgIpc) is 3.09. The largest absolute Gasteiger partial charge is 0.337 e. The first-order valence-corrected chi connectivity index (χ1v) is 8.31. The summed E-state index contributed by atoms with van der Waals surface area (Å²) in [6.07, 6.45) is 3.28. The van der Waals surface area contributed by atoms with Gasteiger partial charge in [0.1, 0.15) is 0 Å². The lowest BCUT2D eigenvalue weighted by Gasteiger charge is -2.01. The van der Waals surface area contributed by atoms with Crippen molar-refractivity contribution in [2.75, 3.05) is 12.8 Å². The molecule has 0 radical (unpaired) electrons. The molecule has 1 saturated heterocycles. The number of nitrogens with one attached hydrogen (secondary N) is 1. The zero-order valence-electron chi connectivity index (χ0n) is 11.0. The van der Waals surface area contributed by atoms with Crippen LogP contribution in [0, 0.1) is 0 Å². The van der Waals surface area contributed by atoms with E-state index in [1.165, 1.54) is 6.26 Å². The summed E-state index contributed by atoms with van der Waals surface area (Å²) >= 11 is 0. The highest BCUT2D eigenvalue weighted by molar-refractivity contribution is 7.90. The maximum Gasteiger partial charge on any atom is 0.244 e. The molecule has 1 aromatic heterocycles. The third kappa shape index (κ3) is 2.59. The van der Waals surface area contributed by atoms with Crippen LogP contribution in [-0.4, -0.2) is 31.4 Å². The molecule has 1 aromatic carbocycles. The van der Waals surface area contributed by atoms with Crippen LogP contribution in [0.4, 0.5) is 0 Å². The van der Waals surface area contributed by atoms with Crippen LogP contribution in [0.1, 0.15) is 24.8 Å². The van der Waals surface area contributed by atoms with Gasteiger partial charge in [-0.3, -0.25) is 0 Å². The van der Waals surface area contributed by atoms with Crippen LogP contribution in [-0.2, 0) is 9.84 Å². The van der Waals surface area contributed by atoms with Gasteiger partial charge in [-0.2, -0.15) is 4.98 Å². The molecular formula is C13H15N3O3S. The van der Waals surface area contributed by atoms with Gasteiger partial charge in [-0.05, 0) is 43.7 Å². The first-order chi connectivity index (χ1) is 9.54. The van der Waals surface area contributed by atoms with Gasteiger partial charge in [0.25, 0.3) is 0 Å². The predicted octanol–water partition coefficient (Wildman–Crippen LogP) is 1.56. The van der Waals surface area contributed by atoms with Crippen LogP contribution >= 0.6 is 0 Å². The summed E-state index contributed by atoms with van der Waals surface area (Å²) in [5.41, 5.74) is 0.741. The van der Waals surface area contributed by atoms with E-state index in [-0.39, 0.29) is 10.9 Å². The van der Waals surface area contributed by atoms with Crippen LogP contribution in [0.2, 0.25) is 0 Å². The minimum Gasteiger partial charge on any atom is -0.337 e. The number of hydrogen-bond donors (Lipinski definition) is 1. The maximum absolute atomic E-state index is 11.4. The molecular weight excluding hydrogens is 278 g/mol. The second-order valence-corrected chi connectivity index (χ2v) is 6.92. The number of sulfone groups is 1. The van der Waals surface area contributed by atoms with E-state index in [2.05, 4.69) is 15.5 Å². The molecule has 3 rings (SSSR count). The van der Waals surface area contributed by atoms with Gasteiger partial charge in [0.15, 0.2) is 9.84 Å². The van der Waals surface area contributed by atoms with Gasteiger partial charge in [0.2, 0.25) is 11.7 Å². The van der Waals surface area contributed by atoms with Crippen LogP contribution in [0.25, 0.3) is 11.4 Å². The van der Waals surface area contributed by atoms with E-state index in [9.17, 15) is 8.42 Å². The summed E-state index contributed by atoms with van der Waals surface area (Å²) in [5.74, 6) is 1.07. The van der Waals surface area contributed by atoms with E-state index in [1.807, 2.05) is 0 Å². The fourth-order valence-corrected chi connectivity index (χ4v) is 2.87. The molecule has 1 atom stereocenters. The molecule has 2 heterocycles. The lowest BCUT2D eigenvalue weighted by atomic mass is 10.2. The molecule has 2 aromatic rings. The van der Waals surface area contributed by atoms with Crippen molar-refractivity contribution in [2.45, 2.75) is 23.8 Å². The normalized spacial score (nSPS) is 19.4. The number of hydrogen-bond acceptors (Lipinski definition) is 6. The molecule has 20 heavy (non-hydrogen) atoms. The Morgan fingerprint density at radius 1 is 1.30 bits per heavy atom. The smallest absolute Gasteiger partial charge is 0.244 e. The summed E-state index contributed by atoms with van der Waals surface area (Å²) in [4.78, 5) is 4.64. The zero-order valence-corrected chi connectivity index (χ0v) is 11.9. The highest BCUT2D eigenvalue weighted by atomic mass is 32.2. The minimum absolute atomic E-state index is 0.131. The molecule has 0 bridgehead atoms. The Kier molecular flexibility index (Phi) is 3.31. The molecule has 0 saturated carbocycles. The van der Waals surface area contributed by atoms with Gasteiger partial charge in [0.05, 0.1) is 10.9 Å². The highest BCUT2D eigenvalue weighted by Gasteiger charge is 2.22. The van der Waals surface area contributed by atoms with Crippen molar-refractivity contribution < 1.29 is 12.9 Å². The van der Waals surface area contributed by atoms with E-state index in [1.54, 1.807) is 24.3 Å². The Hall–Kier alpha value is -1.73. The molecule has 0 aliphatic carbocycles. The van der Waals surface area contributed by atoms with Crippen LogP contribution < -0.4 is 5.32 Å². The summed E-state index contributed by atoms with van der Waals surface area (Å²) in [7, 11) is -3.18. The van der Waals surface area contributed by atoms with Crippen molar-refractivity contribution in [2.24, 2.45) is 0 Å². The summed E-state index contributed by atoms with van der Waals surface area (Å²) in [5, 5.41) is 7.24. The third-order valence-corrected chi connectivity index (χ3v) is 4.47. The molecule has 7 heteroatoms. The molecule has 1 aliphatic rings. The van der Waals surface area contributed by atoms with Crippen molar-refractivity contribution in [1.29, 1.82) is 0 Å². The van der Waals surface area contributed by atoms with Gasteiger partial charge in [-0.25, -0.2) is 8.42 Å². The van der Waals surface area contributed by atoms with Gasteiger partial charge in [0, 0.05) is 11.8 Å². The van der Waals surface area contributed by atoms with E-state index < -0.39 is 9.84 Å². The maximum atomic E-state index is 11.4. The number of nitrogens with zero attached hydrogens (tertiary/aromatic N) is 2. The molecule has 1 fully saturated rings. The molecule has 0 unspecified atom stereocenters. The molecule has 0 spiro atoms. The van der Waals surface area contributed by atoms with Gasteiger partial charge in [-0.15, -0.1) is 0 Å². The Bertz CT molecular complexity index is 701. The van der Waals surface area contributed by atoms with E-state index >= 15 is 0 Å². The van der Waals surface area contributed by atoms with E-state index in [0.29, 0.717) is 11.7 Å². The number of rotatable bonds is 3. The Morgan fingerprint density at radius 2 is 2.05 bits per heavy atom. The van der Waals surface area contributed by atoms with Crippen molar-refractivity contribution in [1.82, 2.24) is 15.5 Å². The second-order valence-electron chi connectivity index (χ2n) is 4.90. The summed E-state index contributed by atoms with van der Waals surface area (Å²) < 4.78 is 28.1. The van der Waals surface area contributed by atoms with Crippen molar-refractivity contribution in [3.63, 3.8) is 0 Å². The fourth-order valence-electron chi connectivity index (χ4n) is 2.24. The molecule has 6 nitrogen and oxygen atoms in total. The van der Waals surface area contributed by atoms with Crippen molar-refractivity contribution in [3.05, 3.63) is 30.2 Å². The molecule has 106 valence electrons. The topological polar surface area (TPSA) is 85.1 Å². The van der Waals surface area contributed by atoms with Gasteiger partial charge >= 0.3 is 0 Å². The monoisotopic (exact) mass is 293 g/mol. The average molecular weight is 293 g/mol. The van der Waals surface area contributed by atoms with Crippen LogP contribution in [0.3, 0.4) is 0 Å². The second kappa shape index (κ2) is 4.99. The Labute approximate surface area is 117 Å². The van der Waals surface area contributed by atoms with Crippen molar-refractivity contribution in [3.8, 4) is 11.4 Å². The highest BCUT2D eigenvalue weighted by Crippen LogP contribution is 2.24. The lowest BCUT2D eigenvalue weighted by molar-refractivity contribution is 0.345. The number of benzene rings is 1. The molecule has 1 aliphatic heterocycles. The van der Waals surface area contributed by atoms with Crippen LogP contribution in [0.5, 0.6) is 0 Å². The molecule has 1 N–H and O–H groups in total. The molecule has 0 amide bonds. The van der Waals surface area contributed by atoms with E-state index in [0.717, 1.165) is 24.9 Å². The van der Waals surface area contributed by atoms with Gasteiger partial charge < -0.3 is 9.84 Å². The lowest BCUT2D eigenvalue weighted by Crippen LogP contribution is -2.12.